The normalized spacial score (nSPS) is 13.7. The summed E-state index contributed by atoms with van der Waals surface area (Å²) in [4.78, 5) is 0. The molecule has 20 heavy (non-hydrogen) atoms. The second-order valence-corrected chi connectivity index (χ2v) is 5.19. The van der Waals surface area contributed by atoms with E-state index < -0.39 is 0 Å². The van der Waals surface area contributed by atoms with Crippen LogP contribution in [0.15, 0.2) is 0 Å². The van der Waals surface area contributed by atoms with Crippen LogP contribution in [0.2, 0.25) is 0 Å². The molecule has 0 aromatic heterocycles. The van der Waals surface area contributed by atoms with E-state index in [9.17, 15) is 0 Å². The van der Waals surface area contributed by atoms with E-state index in [1.165, 1.54) is 0 Å². The maximum atomic E-state index is 5.53. The van der Waals surface area contributed by atoms with Crippen LogP contribution in [0.5, 0.6) is 0 Å². The zero-order chi connectivity index (χ0) is 15.3. The molecule has 0 saturated carbocycles. The first-order valence-corrected chi connectivity index (χ1v) is 7.22. The Labute approximate surface area is 122 Å². The molecule has 6 nitrogen and oxygen atoms in total. The Morgan fingerprint density at radius 3 is 2.15 bits per heavy atom. The van der Waals surface area contributed by atoms with Crippen molar-refractivity contribution >= 4 is 0 Å². The quantitative estimate of drug-likeness (QED) is 0.406. The highest BCUT2D eigenvalue weighted by atomic mass is 16.7. The van der Waals surface area contributed by atoms with E-state index in [0.29, 0.717) is 52.8 Å². The molecule has 122 valence electrons. The lowest BCUT2D eigenvalue weighted by Crippen LogP contribution is -2.27. The molecule has 1 unspecified atom stereocenters. The van der Waals surface area contributed by atoms with Gasteiger partial charge < -0.3 is 29.4 Å². The van der Waals surface area contributed by atoms with Gasteiger partial charge in [0, 0.05) is 13.2 Å². The molecule has 2 N–H and O–H groups in total. The van der Waals surface area contributed by atoms with Gasteiger partial charge in [0.1, 0.15) is 0 Å². The van der Waals surface area contributed by atoms with Crippen LogP contribution in [0.4, 0.5) is 0 Å². The Morgan fingerprint density at radius 2 is 1.55 bits per heavy atom. The van der Waals surface area contributed by atoms with Crippen LogP contribution in [-0.4, -0.2) is 64.7 Å². The smallest absolute Gasteiger partial charge is 0.180 e. The Kier molecular flexibility index (Phi) is 12.3. The van der Waals surface area contributed by atoms with Crippen molar-refractivity contribution in [2.45, 2.75) is 39.6 Å². The second kappa shape index (κ2) is 12.5. The summed E-state index contributed by atoms with van der Waals surface area (Å²) in [6.45, 7) is 12.1. The molecule has 0 rings (SSSR count). The molecule has 0 aliphatic heterocycles. The third-order valence-electron chi connectivity index (χ3n) is 2.16. The van der Waals surface area contributed by atoms with Crippen LogP contribution in [0.25, 0.3) is 0 Å². The number of hydrogen-bond donors (Lipinski definition) is 1. The van der Waals surface area contributed by atoms with E-state index in [1.807, 2.05) is 27.7 Å². The van der Waals surface area contributed by atoms with Gasteiger partial charge in [-0.2, -0.15) is 0 Å². The molecule has 0 heterocycles. The topological polar surface area (TPSA) is 72.2 Å². The van der Waals surface area contributed by atoms with Gasteiger partial charge in [0.25, 0.3) is 0 Å². The lowest BCUT2D eigenvalue weighted by Gasteiger charge is -2.19. The van der Waals surface area contributed by atoms with Crippen molar-refractivity contribution in [3.05, 3.63) is 0 Å². The summed E-state index contributed by atoms with van der Waals surface area (Å²) >= 11 is 0. The average Bonchev–Trinajstić information content (AvgIpc) is 2.37. The Hall–Kier alpha value is -0.240. The molecule has 0 radical (unpaired) electrons. The molecule has 0 fully saturated rings. The summed E-state index contributed by atoms with van der Waals surface area (Å²) in [6, 6.07) is 0. The van der Waals surface area contributed by atoms with Crippen LogP contribution in [0.1, 0.15) is 27.7 Å². The number of rotatable bonds is 13. The fraction of sp³-hybridized carbons (Fsp3) is 1.00. The predicted octanol–water partition coefficient (Wildman–Crippen LogP) is 1.17. The zero-order valence-corrected chi connectivity index (χ0v) is 13.4. The van der Waals surface area contributed by atoms with Crippen LogP contribution in [-0.2, 0) is 23.7 Å². The van der Waals surface area contributed by atoms with Crippen molar-refractivity contribution in [1.29, 1.82) is 0 Å². The second-order valence-electron chi connectivity index (χ2n) is 5.19. The summed E-state index contributed by atoms with van der Waals surface area (Å²) in [5.74, 6) is 0. The fourth-order valence-electron chi connectivity index (χ4n) is 1.34. The molecular formula is C14H31NO5. The molecule has 0 aliphatic rings. The van der Waals surface area contributed by atoms with Crippen molar-refractivity contribution in [3.63, 3.8) is 0 Å². The summed E-state index contributed by atoms with van der Waals surface area (Å²) in [5, 5.41) is 0. The van der Waals surface area contributed by atoms with E-state index in [2.05, 4.69) is 0 Å². The van der Waals surface area contributed by atoms with Gasteiger partial charge >= 0.3 is 0 Å². The first kappa shape index (κ1) is 19.8. The minimum Gasteiger partial charge on any atom is -0.377 e. The average molecular weight is 293 g/mol. The van der Waals surface area contributed by atoms with Crippen molar-refractivity contribution in [2.75, 3.05) is 52.8 Å². The Morgan fingerprint density at radius 1 is 0.900 bits per heavy atom. The van der Waals surface area contributed by atoms with Gasteiger partial charge in [-0.3, -0.25) is 0 Å². The molecule has 0 aromatic carbocycles. The Balaban J connectivity index is 3.40. The third-order valence-corrected chi connectivity index (χ3v) is 2.16. The Bertz CT molecular complexity index is 208. The maximum absolute atomic E-state index is 5.53. The molecule has 0 spiro atoms. The summed E-state index contributed by atoms with van der Waals surface area (Å²) in [7, 11) is 0. The third kappa shape index (κ3) is 14.2. The van der Waals surface area contributed by atoms with Crippen molar-refractivity contribution in [2.24, 2.45) is 5.73 Å². The molecule has 0 amide bonds. The first-order chi connectivity index (χ1) is 9.49. The van der Waals surface area contributed by atoms with Gasteiger partial charge in [0.2, 0.25) is 0 Å². The zero-order valence-electron chi connectivity index (χ0n) is 13.4. The maximum Gasteiger partial charge on any atom is 0.180 e. The van der Waals surface area contributed by atoms with Crippen molar-refractivity contribution < 1.29 is 23.7 Å². The van der Waals surface area contributed by atoms with Gasteiger partial charge in [-0.1, -0.05) is 0 Å². The molecule has 0 bridgehead atoms. The van der Waals surface area contributed by atoms with E-state index in [0.717, 1.165) is 0 Å². The highest BCUT2D eigenvalue weighted by Gasteiger charge is 2.09. The fourth-order valence-corrected chi connectivity index (χ4v) is 1.34. The minimum atomic E-state index is -0.354. The molecule has 0 aromatic rings. The highest BCUT2D eigenvalue weighted by Crippen LogP contribution is 2.05. The summed E-state index contributed by atoms with van der Waals surface area (Å²) < 4.78 is 27.1. The molecule has 0 aliphatic carbocycles. The minimum absolute atomic E-state index is 0.120. The van der Waals surface area contributed by atoms with E-state index in [-0.39, 0.29) is 11.9 Å². The van der Waals surface area contributed by atoms with Crippen LogP contribution in [0, 0.1) is 0 Å². The highest BCUT2D eigenvalue weighted by molar-refractivity contribution is 4.57. The monoisotopic (exact) mass is 293 g/mol. The summed E-state index contributed by atoms with van der Waals surface area (Å²) in [5.41, 5.74) is 5.25. The van der Waals surface area contributed by atoms with Crippen molar-refractivity contribution in [1.82, 2.24) is 0 Å². The first-order valence-electron chi connectivity index (χ1n) is 7.22. The molecule has 6 heteroatoms. The lowest BCUT2D eigenvalue weighted by molar-refractivity contribution is -0.170. The lowest BCUT2D eigenvalue weighted by atomic mass is 10.2. The van der Waals surface area contributed by atoms with Crippen molar-refractivity contribution in [3.8, 4) is 0 Å². The molecular weight excluding hydrogens is 262 g/mol. The van der Waals surface area contributed by atoms with Gasteiger partial charge in [-0.25, -0.2) is 0 Å². The number of ether oxygens (including phenoxy) is 5. The van der Waals surface area contributed by atoms with Gasteiger partial charge in [-0.15, -0.1) is 0 Å². The van der Waals surface area contributed by atoms with E-state index in [1.54, 1.807) is 0 Å². The van der Waals surface area contributed by atoms with E-state index in [4.69, 9.17) is 29.4 Å². The van der Waals surface area contributed by atoms with Gasteiger partial charge in [0.15, 0.2) is 6.29 Å². The van der Waals surface area contributed by atoms with Crippen LogP contribution < -0.4 is 5.73 Å². The SMILES string of the molecule is CCOC(COCCOCCOC(C)(C)C)OCCN. The van der Waals surface area contributed by atoms with Gasteiger partial charge in [0.05, 0.1) is 45.2 Å². The standard InChI is InChI=1S/C14H31NO5/c1-5-18-13(19-7-6-15)12-17-9-8-16-10-11-20-14(2,3)4/h13H,5-12,15H2,1-4H3. The molecule has 1 atom stereocenters. The summed E-state index contributed by atoms with van der Waals surface area (Å²) in [6.07, 6.45) is -0.354. The van der Waals surface area contributed by atoms with Crippen LogP contribution >= 0.6 is 0 Å². The molecule has 0 saturated heterocycles. The number of hydrogen-bond acceptors (Lipinski definition) is 6. The predicted molar refractivity (Wildman–Crippen MR) is 77.8 cm³/mol. The van der Waals surface area contributed by atoms with E-state index >= 15 is 0 Å². The van der Waals surface area contributed by atoms with Crippen LogP contribution in [0.3, 0.4) is 0 Å². The van der Waals surface area contributed by atoms with Gasteiger partial charge in [-0.05, 0) is 27.7 Å². The number of nitrogens with two attached hydrogens (primary N) is 1. The largest absolute Gasteiger partial charge is 0.377 e.